The first-order valence-corrected chi connectivity index (χ1v) is 2.63. The predicted octanol–water partition coefficient (Wildman–Crippen LogP) is -1.03. The third-order valence-corrected chi connectivity index (χ3v) is 0.577. The smallest absolute Gasteiger partial charge is 0.333 e. The molecule has 0 N–H and O–H groups in total. The van der Waals surface area contributed by atoms with Crippen molar-refractivity contribution < 1.29 is 51.4 Å². The number of hydrogen-bond donors (Lipinski definition) is 0. The molecule has 0 aromatic carbocycles. The van der Waals surface area contributed by atoms with Gasteiger partial charge < -0.3 is 12.8 Å². The maximum absolute atomic E-state index is 2.25. The van der Waals surface area contributed by atoms with E-state index >= 15 is 0 Å². The van der Waals surface area contributed by atoms with Gasteiger partial charge in [-0.3, -0.25) is 0 Å². The van der Waals surface area contributed by atoms with Crippen LogP contribution in [-0.2, 0) is 0 Å². The van der Waals surface area contributed by atoms with Gasteiger partial charge in [-0.25, -0.2) is 25.7 Å². The topological polar surface area (TPSA) is 0 Å². The third kappa shape index (κ3) is 18.3. The summed E-state index contributed by atoms with van der Waals surface area (Å²) in [5.41, 5.74) is 0. The van der Waals surface area contributed by atoms with E-state index in [2.05, 4.69) is 12.8 Å². The summed E-state index contributed by atoms with van der Waals surface area (Å²) in [5.74, 6) is 0. The second kappa shape index (κ2) is 5.77. The Hall–Kier alpha value is 1.64. The molecule has 2 aliphatic carbocycles. The van der Waals surface area contributed by atoms with Crippen LogP contribution in [0.15, 0.2) is 0 Å². The molecule has 0 heterocycles. The van der Waals surface area contributed by atoms with Gasteiger partial charge in [0.1, 0.15) is 0 Å². The van der Waals surface area contributed by atoms with Crippen molar-refractivity contribution in [2.24, 2.45) is 0 Å². The van der Waals surface area contributed by atoms with Crippen LogP contribution in [-0.4, -0.2) is 0 Å². The molecule has 0 amide bonds. The Bertz CT molecular complexity index is 19.7. The molecule has 0 atom stereocenters. The average Bonchev–Trinajstić information content (AvgIpc) is 2.31. The molecule has 0 aromatic heterocycles. The molecule has 2 aliphatic rings. The van der Waals surface area contributed by atoms with Crippen LogP contribution in [0, 0.1) is 12.8 Å². The van der Waals surface area contributed by atoms with Crippen molar-refractivity contribution in [1.29, 1.82) is 0 Å². The fourth-order valence-corrected chi connectivity index (χ4v) is 0. The molecule has 0 spiro atoms. The molecule has 0 nitrogen and oxygen atoms in total. The molecule has 2 fully saturated rings. The number of rotatable bonds is 0. The van der Waals surface area contributed by atoms with Gasteiger partial charge in [0.25, 0.3) is 0 Å². The van der Waals surface area contributed by atoms with Crippen molar-refractivity contribution in [1.82, 2.24) is 0 Å². The van der Waals surface area contributed by atoms with Crippen LogP contribution in [0.5, 0.6) is 0 Å². The monoisotopic (exact) mass is 121 g/mol. The minimum Gasteiger partial charge on any atom is -0.333 e. The maximum Gasteiger partial charge on any atom is 1.00 e. The van der Waals surface area contributed by atoms with Gasteiger partial charge >= 0.3 is 51.4 Å². The second-order valence-electron chi connectivity index (χ2n) is 1.73. The van der Waals surface area contributed by atoms with Gasteiger partial charge in [-0.1, -0.05) is 0 Å². The molecule has 0 radical (unpaired) electrons. The zero-order valence-corrected chi connectivity index (χ0v) is 8.11. The molecular weight excluding hydrogens is 111 g/mol. The zero-order valence-electron chi connectivity index (χ0n) is 4.98. The summed E-state index contributed by atoms with van der Waals surface area (Å²) in [5, 5.41) is 0. The SMILES string of the molecule is [CH-]1CC1.[CH-]1CC1.[K+]. The van der Waals surface area contributed by atoms with E-state index in [0.717, 1.165) is 0 Å². The average molecular weight is 121 g/mol. The van der Waals surface area contributed by atoms with Gasteiger partial charge in [-0.15, -0.1) is 0 Å². The second-order valence-corrected chi connectivity index (χ2v) is 1.73. The maximum atomic E-state index is 2.25. The predicted molar refractivity (Wildman–Crippen MR) is 27.1 cm³/mol. The minimum atomic E-state index is 0. The number of hydrogen-bond acceptors (Lipinski definition) is 0. The molecule has 2 rings (SSSR count). The van der Waals surface area contributed by atoms with E-state index in [-0.39, 0.29) is 51.4 Å². The van der Waals surface area contributed by atoms with E-state index in [1.807, 2.05) is 0 Å². The van der Waals surface area contributed by atoms with Crippen LogP contribution < -0.4 is 51.4 Å². The quantitative estimate of drug-likeness (QED) is 0.284. The first-order valence-electron chi connectivity index (χ1n) is 2.63. The van der Waals surface area contributed by atoms with Crippen molar-refractivity contribution in [3.8, 4) is 0 Å². The Kier molecular flexibility index (Phi) is 7.12. The van der Waals surface area contributed by atoms with Crippen molar-refractivity contribution in [3.05, 3.63) is 12.8 Å². The first kappa shape index (κ1) is 8.64. The normalized spacial score (nSPS) is 20.6. The fraction of sp³-hybridized carbons (Fsp3) is 0.667. The van der Waals surface area contributed by atoms with E-state index in [9.17, 15) is 0 Å². The molecule has 0 aliphatic heterocycles. The minimum absolute atomic E-state index is 0. The van der Waals surface area contributed by atoms with Crippen LogP contribution in [0.1, 0.15) is 25.7 Å². The summed E-state index contributed by atoms with van der Waals surface area (Å²) in [7, 11) is 0. The van der Waals surface area contributed by atoms with E-state index in [1.54, 1.807) is 0 Å². The Morgan fingerprint density at radius 1 is 0.714 bits per heavy atom. The summed E-state index contributed by atoms with van der Waals surface area (Å²) in [6.07, 6.45) is 10.0. The molecular formula is C6H10K-. The van der Waals surface area contributed by atoms with Gasteiger partial charge in [-0.05, 0) is 0 Å². The van der Waals surface area contributed by atoms with Gasteiger partial charge in [0.05, 0.1) is 0 Å². The van der Waals surface area contributed by atoms with Gasteiger partial charge in [-0.2, -0.15) is 0 Å². The molecule has 36 valence electrons. The summed E-state index contributed by atoms with van der Waals surface area (Å²) in [6.45, 7) is 0. The standard InChI is InChI=1S/2C3H5.K/c2*1-2-3-1;/h2*1H,2-3H2;/q2*-1;+1. The van der Waals surface area contributed by atoms with Crippen LogP contribution in [0.3, 0.4) is 0 Å². The van der Waals surface area contributed by atoms with Crippen LogP contribution in [0.2, 0.25) is 0 Å². The van der Waals surface area contributed by atoms with Crippen molar-refractivity contribution in [2.45, 2.75) is 25.7 Å². The molecule has 7 heavy (non-hydrogen) atoms. The van der Waals surface area contributed by atoms with Crippen LogP contribution >= 0.6 is 0 Å². The molecule has 1 heteroatoms. The van der Waals surface area contributed by atoms with Crippen molar-refractivity contribution in [2.75, 3.05) is 0 Å². The summed E-state index contributed by atoms with van der Waals surface area (Å²) >= 11 is 0. The molecule has 0 saturated heterocycles. The summed E-state index contributed by atoms with van der Waals surface area (Å²) < 4.78 is 0. The Labute approximate surface area is 88.5 Å². The van der Waals surface area contributed by atoms with E-state index in [4.69, 9.17) is 0 Å². The van der Waals surface area contributed by atoms with E-state index < -0.39 is 0 Å². The van der Waals surface area contributed by atoms with E-state index in [0.29, 0.717) is 0 Å². The Morgan fingerprint density at radius 2 is 0.857 bits per heavy atom. The summed E-state index contributed by atoms with van der Waals surface area (Å²) in [4.78, 5) is 0. The van der Waals surface area contributed by atoms with Crippen LogP contribution in [0.4, 0.5) is 0 Å². The molecule has 2 saturated carbocycles. The largest absolute Gasteiger partial charge is 1.00 e. The van der Waals surface area contributed by atoms with E-state index in [1.165, 1.54) is 25.7 Å². The first-order chi connectivity index (χ1) is 3.00. The third-order valence-electron chi connectivity index (χ3n) is 0.577. The van der Waals surface area contributed by atoms with Gasteiger partial charge in [0.2, 0.25) is 0 Å². The fourth-order valence-electron chi connectivity index (χ4n) is 0. The molecule has 0 bridgehead atoms. The van der Waals surface area contributed by atoms with Crippen molar-refractivity contribution >= 4 is 0 Å². The van der Waals surface area contributed by atoms with Crippen LogP contribution in [0.25, 0.3) is 0 Å². The van der Waals surface area contributed by atoms with Crippen molar-refractivity contribution in [3.63, 3.8) is 0 Å². The molecule has 0 unspecified atom stereocenters. The molecule has 0 aromatic rings. The Morgan fingerprint density at radius 3 is 0.857 bits per heavy atom. The van der Waals surface area contributed by atoms with Gasteiger partial charge in [0.15, 0.2) is 0 Å². The van der Waals surface area contributed by atoms with Gasteiger partial charge in [0, 0.05) is 0 Å². The summed E-state index contributed by atoms with van der Waals surface area (Å²) in [6, 6.07) is 0. The zero-order chi connectivity index (χ0) is 4.24. The Balaban J connectivity index is 0.0000000900.